The molecular formula is C15H26N3O3+. The number of ether oxygens (including phenoxy) is 1. The molecule has 0 bridgehead atoms. The molecule has 1 aliphatic carbocycles. The lowest BCUT2D eigenvalue weighted by atomic mass is 9.97. The molecule has 0 aromatic heterocycles. The Balaban J connectivity index is 1.57. The highest BCUT2D eigenvalue weighted by molar-refractivity contribution is 5.94. The zero-order valence-corrected chi connectivity index (χ0v) is 12.6. The molecular weight excluding hydrogens is 270 g/mol. The van der Waals surface area contributed by atoms with Crippen molar-refractivity contribution in [1.82, 2.24) is 10.6 Å². The minimum absolute atomic E-state index is 0.221. The van der Waals surface area contributed by atoms with E-state index in [-0.39, 0.29) is 11.9 Å². The van der Waals surface area contributed by atoms with Crippen LogP contribution in [0.2, 0.25) is 0 Å². The van der Waals surface area contributed by atoms with Gasteiger partial charge in [0.2, 0.25) is 0 Å². The molecule has 3 N–H and O–H groups in total. The number of hydrogen-bond donors (Lipinski definition) is 3. The van der Waals surface area contributed by atoms with Crippen LogP contribution >= 0.6 is 0 Å². The molecule has 0 aromatic carbocycles. The zero-order valence-electron chi connectivity index (χ0n) is 12.6. The van der Waals surface area contributed by atoms with Crippen molar-refractivity contribution < 1.29 is 19.2 Å². The van der Waals surface area contributed by atoms with Crippen LogP contribution in [0.1, 0.15) is 32.1 Å². The van der Waals surface area contributed by atoms with Crippen LogP contribution in [0.15, 0.2) is 11.6 Å². The lowest BCUT2D eigenvalue weighted by Crippen LogP contribution is -3.15. The van der Waals surface area contributed by atoms with Crippen LogP contribution in [0.3, 0.4) is 0 Å². The van der Waals surface area contributed by atoms with Crippen molar-refractivity contribution in [2.24, 2.45) is 0 Å². The summed E-state index contributed by atoms with van der Waals surface area (Å²) in [5, 5.41) is 5.15. The van der Waals surface area contributed by atoms with Crippen molar-refractivity contribution in [1.29, 1.82) is 0 Å². The Kier molecular flexibility index (Phi) is 6.69. The third-order valence-corrected chi connectivity index (χ3v) is 3.98. The summed E-state index contributed by atoms with van der Waals surface area (Å²) in [4.78, 5) is 24.5. The number of rotatable bonds is 5. The number of quaternary nitrogens is 1. The smallest absolute Gasteiger partial charge is 0.321 e. The van der Waals surface area contributed by atoms with Crippen LogP contribution in [-0.2, 0) is 9.53 Å². The summed E-state index contributed by atoms with van der Waals surface area (Å²) in [6.45, 7) is 3.94. The zero-order chi connectivity index (χ0) is 14.9. The average molecular weight is 296 g/mol. The van der Waals surface area contributed by atoms with Crippen molar-refractivity contribution in [3.8, 4) is 0 Å². The summed E-state index contributed by atoms with van der Waals surface area (Å²) in [7, 11) is 0. The van der Waals surface area contributed by atoms with E-state index in [1.165, 1.54) is 23.3 Å². The Morgan fingerprint density at radius 3 is 2.76 bits per heavy atom. The van der Waals surface area contributed by atoms with E-state index < -0.39 is 0 Å². The lowest BCUT2D eigenvalue weighted by Gasteiger charge is -2.22. The lowest BCUT2D eigenvalue weighted by molar-refractivity contribution is -0.900. The standard InChI is InChI=1S/C15H25N3O3/c19-14(12-18-8-10-21-11-9-18)17-15(20)16-7-6-13-4-2-1-3-5-13/h4H,1-3,5-12H2,(H2,16,17,19,20)/p+1. The summed E-state index contributed by atoms with van der Waals surface area (Å²) < 4.78 is 5.24. The Morgan fingerprint density at radius 1 is 1.24 bits per heavy atom. The SMILES string of the molecule is O=C(C[NH+]1CCOCC1)NC(=O)NCCC1=CCCCC1. The second-order valence-electron chi connectivity index (χ2n) is 5.70. The first-order valence-electron chi connectivity index (χ1n) is 7.91. The van der Waals surface area contributed by atoms with Crippen molar-refractivity contribution in [2.75, 3.05) is 39.4 Å². The second-order valence-corrected chi connectivity index (χ2v) is 5.70. The molecule has 1 saturated heterocycles. The number of nitrogens with one attached hydrogen (secondary N) is 3. The minimum atomic E-state index is -0.385. The molecule has 1 aliphatic heterocycles. The molecule has 1 heterocycles. The Hall–Kier alpha value is -1.40. The highest BCUT2D eigenvalue weighted by Crippen LogP contribution is 2.19. The number of allylic oxidation sites excluding steroid dienone is 1. The second kappa shape index (κ2) is 8.79. The van der Waals surface area contributed by atoms with Gasteiger partial charge in [0.25, 0.3) is 5.91 Å². The van der Waals surface area contributed by atoms with Crippen molar-refractivity contribution in [3.05, 3.63) is 11.6 Å². The van der Waals surface area contributed by atoms with Gasteiger partial charge in [0, 0.05) is 6.54 Å². The Bertz CT molecular complexity index is 390. The monoisotopic (exact) mass is 296 g/mol. The number of imide groups is 1. The quantitative estimate of drug-likeness (QED) is 0.606. The molecule has 21 heavy (non-hydrogen) atoms. The first kappa shape index (κ1) is 16.0. The summed E-state index contributed by atoms with van der Waals surface area (Å²) in [5.74, 6) is -0.221. The predicted octanol–water partition coefficient (Wildman–Crippen LogP) is -0.382. The van der Waals surface area contributed by atoms with Crippen LogP contribution in [0.25, 0.3) is 0 Å². The number of hydrogen-bond acceptors (Lipinski definition) is 3. The third-order valence-electron chi connectivity index (χ3n) is 3.98. The van der Waals surface area contributed by atoms with E-state index in [9.17, 15) is 9.59 Å². The summed E-state index contributed by atoms with van der Waals surface area (Å²) >= 11 is 0. The number of carbonyl (C=O) groups excluding carboxylic acids is 2. The molecule has 0 saturated carbocycles. The first-order valence-corrected chi connectivity index (χ1v) is 7.91. The fourth-order valence-electron chi connectivity index (χ4n) is 2.75. The fraction of sp³-hybridized carbons (Fsp3) is 0.733. The maximum atomic E-state index is 11.7. The van der Waals surface area contributed by atoms with Gasteiger partial charge in [-0.25, -0.2) is 4.79 Å². The maximum Gasteiger partial charge on any atom is 0.321 e. The van der Waals surface area contributed by atoms with Crippen LogP contribution in [-0.4, -0.2) is 51.3 Å². The van der Waals surface area contributed by atoms with Crippen LogP contribution in [0, 0.1) is 0 Å². The molecule has 2 rings (SSSR count). The molecule has 6 nitrogen and oxygen atoms in total. The number of morpholine rings is 1. The van der Waals surface area contributed by atoms with Gasteiger partial charge < -0.3 is 15.0 Å². The van der Waals surface area contributed by atoms with Gasteiger partial charge in [0.1, 0.15) is 13.1 Å². The van der Waals surface area contributed by atoms with E-state index in [1.807, 2.05) is 0 Å². The number of amides is 3. The van der Waals surface area contributed by atoms with E-state index in [0.717, 1.165) is 32.4 Å². The van der Waals surface area contributed by atoms with E-state index in [0.29, 0.717) is 26.3 Å². The molecule has 0 aromatic rings. The molecule has 0 unspecified atom stereocenters. The van der Waals surface area contributed by atoms with Crippen LogP contribution in [0.5, 0.6) is 0 Å². The van der Waals surface area contributed by atoms with Crippen LogP contribution in [0.4, 0.5) is 4.79 Å². The molecule has 0 atom stereocenters. The van der Waals surface area contributed by atoms with Gasteiger partial charge >= 0.3 is 6.03 Å². The first-order chi connectivity index (χ1) is 10.2. The largest absolute Gasteiger partial charge is 0.370 e. The third kappa shape index (κ3) is 6.27. The maximum absolute atomic E-state index is 11.7. The van der Waals surface area contributed by atoms with Gasteiger partial charge in [0.15, 0.2) is 6.54 Å². The van der Waals surface area contributed by atoms with Gasteiger partial charge in [-0.2, -0.15) is 0 Å². The van der Waals surface area contributed by atoms with Gasteiger partial charge in [-0.3, -0.25) is 10.1 Å². The highest BCUT2D eigenvalue weighted by Gasteiger charge is 2.18. The van der Waals surface area contributed by atoms with Gasteiger partial charge in [0.05, 0.1) is 13.2 Å². The topological polar surface area (TPSA) is 71.9 Å². The molecule has 3 amide bonds. The Morgan fingerprint density at radius 2 is 2.05 bits per heavy atom. The fourth-order valence-corrected chi connectivity index (χ4v) is 2.75. The summed E-state index contributed by atoms with van der Waals surface area (Å²) in [5.41, 5.74) is 1.42. The van der Waals surface area contributed by atoms with Gasteiger partial charge in [-0.1, -0.05) is 11.6 Å². The minimum Gasteiger partial charge on any atom is -0.370 e. The normalized spacial score (nSPS) is 19.7. The molecule has 118 valence electrons. The van der Waals surface area contributed by atoms with E-state index in [2.05, 4.69) is 16.7 Å². The summed E-state index contributed by atoms with van der Waals surface area (Å²) in [6, 6.07) is -0.385. The molecule has 6 heteroatoms. The molecule has 1 fully saturated rings. The number of urea groups is 1. The van der Waals surface area contributed by atoms with Gasteiger partial charge in [-0.05, 0) is 32.1 Å². The summed E-state index contributed by atoms with van der Waals surface area (Å²) in [6.07, 6.45) is 7.98. The van der Waals surface area contributed by atoms with E-state index in [4.69, 9.17) is 4.74 Å². The number of carbonyl (C=O) groups is 2. The molecule has 0 radical (unpaired) electrons. The van der Waals surface area contributed by atoms with Crippen LogP contribution < -0.4 is 15.5 Å². The molecule has 0 spiro atoms. The van der Waals surface area contributed by atoms with Crippen molar-refractivity contribution >= 4 is 11.9 Å². The average Bonchev–Trinajstić information content (AvgIpc) is 2.49. The Labute approximate surface area is 125 Å². The van der Waals surface area contributed by atoms with E-state index >= 15 is 0 Å². The predicted molar refractivity (Wildman–Crippen MR) is 79.1 cm³/mol. The highest BCUT2D eigenvalue weighted by atomic mass is 16.5. The van der Waals surface area contributed by atoms with E-state index in [1.54, 1.807) is 0 Å². The molecule has 2 aliphatic rings. The van der Waals surface area contributed by atoms with Gasteiger partial charge in [-0.15, -0.1) is 0 Å². The van der Waals surface area contributed by atoms with Crippen molar-refractivity contribution in [3.63, 3.8) is 0 Å². The van der Waals surface area contributed by atoms with Crippen molar-refractivity contribution in [2.45, 2.75) is 32.1 Å².